The predicted molar refractivity (Wildman–Crippen MR) is 118 cm³/mol. The van der Waals surface area contributed by atoms with E-state index in [1.807, 2.05) is 44.2 Å². The highest BCUT2D eigenvalue weighted by Gasteiger charge is 2.41. The van der Waals surface area contributed by atoms with Crippen LogP contribution in [0.3, 0.4) is 0 Å². The number of ether oxygens (including phenoxy) is 2. The van der Waals surface area contributed by atoms with Gasteiger partial charge in [-0.25, -0.2) is 5.84 Å². The van der Waals surface area contributed by atoms with Gasteiger partial charge in [0.15, 0.2) is 5.79 Å². The summed E-state index contributed by atoms with van der Waals surface area (Å²) in [5, 5.41) is 5.80. The number of rotatable bonds is 7. The van der Waals surface area contributed by atoms with Crippen molar-refractivity contribution in [3.8, 4) is 0 Å². The molecule has 1 amide bonds. The molecule has 0 aromatic heterocycles. The quantitative estimate of drug-likeness (QED) is 0.300. The molecule has 1 aromatic carbocycles. The minimum Gasteiger partial charge on any atom is -0.349 e. The fourth-order valence-electron chi connectivity index (χ4n) is 3.25. The number of amidine groups is 1. The van der Waals surface area contributed by atoms with Crippen molar-refractivity contribution < 1.29 is 14.3 Å². The summed E-state index contributed by atoms with van der Waals surface area (Å²) in [4.78, 5) is 13.8. The van der Waals surface area contributed by atoms with E-state index >= 15 is 0 Å². The third-order valence-electron chi connectivity index (χ3n) is 5.02. The number of thioether (sulfide) groups is 1. The Balaban J connectivity index is 2.05. The average Bonchev–Trinajstić information content (AvgIpc) is 2.74. The molecule has 0 bridgehead atoms. The molecule has 8 nitrogen and oxygen atoms in total. The average molecular weight is 424 g/mol. The maximum absolute atomic E-state index is 12.2. The van der Waals surface area contributed by atoms with Gasteiger partial charge >= 0.3 is 0 Å². The molecule has 0 aliphatic carbocycles. The van der Waals surface area contributed by atoms with E-state index in [2.05, 4.69) is 5.10 Å². The molecule has 0 radical (unpaired) electrons. The van der Waals surface area contributed by atoms with Crippen molar-refractivity contribution in [1.82, 2.24) is 4.90 Å². The summed E-state index contributed by atoms with van der Waals surface area (Å²) in [5.74, 6) is 11.7. The summed E-state index contributed by atoms with van der Waals surface area (Å²) in [6.07, 6.45) is 2.09. The molecule has 0 spiro atoms. The van der Waals surface area contributed by atoms with E-state index in [9.17, 15) is 4.79 Å². The van der Waals surface area contributed by atoms with Gasteiger partial charge in [-0.2, -0.15) is 5.10 Å². The Morgan fingerprint density at radius 3 is 2.38 bits per heavy atom. The van der Waals surface area contributed by atoms with Crippen molar-refractivity contribution >= 4 is 28.5 Å². The van der Waals surface area contributed by atoms with Gasteiger partial charge in [0.05, 0.1) is 24.3 Å². The third-order valence-corrected chi connectivity index (χ3v) is 6.12. The van der Waals surface area contributed by atoms with Crippen LogP contribution in [0, 0.1) is 0 Å². The molecule has 162 valence electrons. The summed E-state index contributed by atoms with van der Waals surface area (Å²) in [5.41, 5.74) is 0.794. The zero-order chi connectivity index (χ0) is 21.4. The second kappa shape index (κ2) is 10.8. The first-order valence-corrected chi connectivity index (χ1v) is 10.9. The fourth-order valence-corrected chi connectivity index (χ4v) is 4.11. The molecular formula is C20H33N5O3S. The lowest BCUT2D eigenvalue weighted by molar-refractivity contribution is -0.316. The molecule has 1 fully saturated rings. The monoisotopic (exact) mass is 423 g/mol. The first kappa shape index (κ1) is 23.5. The van der Waals surface area contributed by atoms with E-state index in [1.165, 1.54) is 16.8 Å². The van der Waals surface area contributed by atoms with Crippen molar-refractivity contribution in [3.05, 3.63) is 30.3 Å². The zero-order valence-electron chi connectivity index (χ0n) is 17.7. The van der Waals surface area contributed by atoms with Gasteiger partial charge in [0.1, 0.15) is 0 Å². The van der Waals surface area contributed by atoms with Crippen LogP contribution >= 0.6 is 11.8 Å². The van der Waals surface area contributed by atoms with Crippen LogP contribution in [-0.2, 0) is 14.3 Å². The summed E-state index contributed by atoms with van der Waals surface area (Å²) < 4.78 is 12.5. The second-order valence-corrected chi connectivity index (χ2v) is 8.24. The van der Waals surface area contributed by atoms with E-state index in [-0.39, 0.29) is 18.1 Å². The highest BCUT2D eigenvalue weighted by molar-refractivity contribution is 8.14. The van der Waals surface area contributed by atoms with Crippen LogP contribution in [0.5, 0.6) is 0 Å². The van der Waals surface area contributed by atoms with Gasteiger partial charge < -0.3 is 20.2 Å². The highest BCUT2D eigenvalue weighted by Crippen LogP contribution is 2.35. The molecule has 0 saturated carbocycles. The second-order valence-electron chi connectivity index (χ2n) is 7.25. The van der Waals surface area contributed by atoms with Crippen LogP contribution in [0.15, 0.2) is 35.4 Å². The Bertz CT molecular complexity index is 682. The smallest absolute Gasteiger partial charge is 0.224 e. The number of hydrogen-bond acceptors (Lipinski definition) is 7. The molecule has 1 heterocycles. The number of carbonyl (C=O) groups is 1. The zero-order valence-corrected chi connectivity index (χ0v) is 18.5. The predicted octanol–water partition coefficient (Wildman–Crippen LogP) is 2.50. The first-order chi connectivity index (χ1) is 13.8. The number of hydrogen-bond donors (Lipinski definition) is 2. The summed E-state index contributed by atoms with van der Waals surface area (Å²) >= 11 is 1.43. The Hall–Kier alpha value is -1.81. The minimum atomic E-state index is -0.678. The number of benzene rings is 1. The number of anilines is 1. The van der Waals surface area contributed by atoms with Crippen LogP contribution < -0.4 is 16.7 Å². The largest absolute Gasteiger partial charge is 0.349 e. The lowest BCUT2D eigenvalue weighted by Gasteiger charge is -2.44. The Kier molecular flexibility index (Phi) is 8.76. The van der Waals surface area contributed by atoms with Crippen molar-refractivity contribution in [1.29, 1.82) is 0 Å². The summed E-state index contributed by atoms with van der Waals surface area (Å²) in [6.45, 7) is 4.07. The number of para-hydroxylation sites is 1. The SMILES string of the molecule is CCC1(CC)OC(CS/C(=N/N)N(N)c2ccccc2)CC(CC(=O)N(C)C)O1. The van der Waals surface area contributed by atoms with Crippen molar-refractivity contribution in [2.75, 3.05) is 24.9 Å². The van der Waals surface area contributed by atoms with Gasteiger partial charge in [0, 0.05) is 26.3 Å². The van der Waals surface area contributed by atoms with E-state index < -0.39 is 5.79 Å². The Labute approximate surface area is 177 Å². The molecule has 2 rings (SSSR count). The van der Waals surface area contributed by atoms with Crippen molar-refractivity contribution in [3.63, 3.8) is 0 Å². The lowest BCUT2D eigenvalue weighted by atomic mass is 10.0. The van der Waals surface area contributed by atoms with Gasteiger partial charge in [-0.1, -0.05) is 43.8 Å². The van der Waals surface area contributed by atoms with Gasteiger partial charge in [0.2, 0.25) is 11.1 Å². The van der Waals surface area contributed by atoms with Gasteiger partial charge in [-0.3, -0.25) is 9.80 Å². The Morgan fingerprint density at radius 2 is 1.83 bits per heavy atom. The highest BCUT2D eigenvalue weighted by atomic mass is 32.2. The van der Waals surface area contributed by atoms with Crippen LogP contribution in [0.2, 0.25) is 0 Å². The Morgan fingerprint density at radius 1 is 1.21 bits per heavy atom. The minimum absolute atomic E-state index is 0.0471. The van der Waals surface area contributed by atoms with Crippen LogP contribution in [0.4, 0.5) is 5.69 Å². The fraction of sp³-hybridized carbons (Fsp3) is 0.600. The maximum atomic E-state index is 12.2. The molecule has 1 aliphatic heterocycles. The maximum Gasteiger partial charge on any atom is 0.224 e. The first-order valence-electron chi connectivity index (χ1n) is 9.90. The van der Waals surface area contributed by atoms with Crippen LogP contribution in [0.1, 0.15) is 39.5 Å². The molecule has 1 aromatic rings. The van der Waals surface area contributed by atoms with Crippen LogP contribution in [0.25, 0.3) is 0 Å². The van der Waals surface area contributed by atoms with Gasteiger partial charge in [0.25, 0.3) is 0 Å². The van der Waals surface area contributed by atoms with Crippen molar-refractivity contribution in [2.45, 2.75) is 57.5 Å². The molecule has 9 heteroatoms. The van der Waals surface area contributed by atoms with E-state index in [0.29, 0.717) is 36.6 Å². The molecule has 1 saturated heterocycles. The summed E-state index contributed by atoms with van der Waals surface area (Å²) in [6, 6.07) is 9.50. The van der Waals surface area contributed by atoms with Crippen molar-refractivity contribution in [2.24, 2.45) is 16.8 Å². The van der Waals surface area contributed by atoms with Gasteiger partial charge in [-0.05, 0) is 25.0 Å². The number of nitrogens with two attached hydrogens (primary N) is 2. The van der Waals surface area contributed by atoms with Gasteiger partial charge in [-0.15, -0.1) is 0 Å². The molecular weight excluding hydrogens is 390 g/mol. The van der Waals surface area contributed by atoms with E-state index in [0.717, 1.165) is 5.69 Å². The standard InChI is InChI=1S/C20H33N5O3S/c1-5-20(6-2)27-16(13-18(26)24(3)4)12-17(28-20)14-29-19(23-21)25(22)15-10-8-7-9-11-15/h7-11,16-17H,5-6,12-14,21-22H2,1-4H3/b23-19+. The van der Waals surface area contributed by atoms with E-state index in [1.54, 1.807) is 19.0 Å². The number of amides is 1. The van der Waals surface area contributed by atoms with Crippen LogP contribution in [-0.4, -0.2) is 53.8 Å². The molecule has 4 N–H and O–H groups in total. The normalized spacial score (nSPS) is 21.6. The molecule has 2 atom stereocenters. The third kappa shape index (κ3) is 6.33. The molecule has 29 heavy (non-hydrogen) atoms. The van der Waals surface area contributed by atoms with E-state index in [4.69, 9.17) is 21.2 Å². The number of carbonyl (C=O) groups excluding carboxylic acids is 1. The number of hydrazine groups is 1. The lowest BCUT2D eigenvalue weighted by Crippen LogP contribution is -2.50. The topological polar surface area (TPSA) is 106 Å². The number of nitrogens with zero attached hydrogens (tertiary/aromatic N) is 3. The summed E-state index contributed by atoms with van der Waals surface area (Å²) in [7, 11) is 3.51. The molecule has 2 unspecified atom stereocenters. The molecule has 1 aliphatic rings. The number of hydrazone groups is 1.